The van der Waals surface area contributed by atoms with Crippen LogP contribution in [0.5, 0.6) is 0 Å². The van der Waals surface area contributed by atoms with Crippen molar-refractivity contribution in [3.8, 4) is 0 Å². The molecule has 0 aromatic heterocycles. The van der Waals surface area contributed by atoms with Crippen LogP contribution in [0.1, 0.15) is 12.5 Å². The average Bonchev–Trinajstić information content (AvgIpc) is 2.26. The van der Waals surface area contributed by atoms with E-state index in [9.17, 15) is 4.79 Å². The Kier molecular flexibility index (Phi) is 6.85. The molecule has 0 aliphatic rings. The van der Waals surface area contributed by atoms with Crippen molar-refractivity contribution in [3.63, 3.8) is 0 Å². The molecule has 0 fully saturated rings. The lowest BCUT2D eigenvalue weighted by Crippen LogP contribution is -2.01. The van der Waals surface area contributed by atoms with E-state index in [1.165, 1.54) is 13.2 Å². The van der Waals surface area contributed by atoms with Gasteiger partial charge in [-0.1, -0.05) is 30.3 Å². The lowest BCUT2D eigenvalue weighted by Gasteiger charge is -1.99. The number of ether oxygens (including phenoxy) is 1. The van der Waals surface area contributed by atoms with Crippen LogP contribution in [0.2, 0.25) is 0 Å². The number of methoxy groups -OCH3 is 1. The van der Waals surface area contributed by atoms with Gasteiger partial charge in [0.05, 0.1) is 7.11 Å². The fourth-order valence-corrected chi connectivity index (χ4v) is 0.909. The molecular weight excluding hydrogens is 224 g/mol. The van der Waals surface area contributed by atoms with Gasteiger partial charge in [-0.05, 0) is 11.6 Å². The molecule has 1 aromatic carbocycles. The smallest absolute Gasteiger partial charge is 0.371 e. The van der Waals surface area contributed by atoms with E-state index in [-0.39, 0.29) is 5.76 Å². The van der Waals surface area contributed by atoms with Gasteiger partial charge in [-0.3, -0.25) is 4.79 Å². The third-order valence-electron chi connectivity index (χ3n) is 1.53. The zero-order valence-corrected chi connectivity index (χ0v) is 9.58. The minimum Gasteiger partial charge on any atom is -0.490 e. The molecular formula is C12H14O5. The van der Waals surface area contributed by atoms with E-state index in [0.29, 0.717) is 0 Å². The number of carboxylic acids is 2. The van der Waals surface area contributed by atoms with E-state index in [0.717, 1.165) is 12.5 Å². The van der Waals surface area contributed by atoms with Crippen LogP contribution in [-0.2, 0) is 14.3 Å². The molecule has 0 saturated heterocycles. The molecule has 5 heteroatoms. The molecule has 0 amide bonds. The number of hydrogen-bond donors (Lipinski definition) is 2. The van der Waals surface area contributed by atoms with Crippen LogP contribution in [-0.4, -0.2) is 29.3 Å². The van der Waals surface area contributed by atoms with Gasteiger partial charge < -0.3 is 14.9 Å². The Morgan fingerprint density at radius 3 is 2.00 bits per heavy atom. The van der Waals surface area contributed by atoms with E-state index in [4.69, 9.17) is 15.0 Å². The van der Waals surface area contributed by atoms with Crippen molar-refractivity contribution in [2.24, 2.45) is 0 Å². The normalized spacial score (nSPS) is 9.88. The summed E-state index contributed by atoms with van der Waals surface area (Å²) in [6, 6.07) is 9.15. The summed E-state index contributed by atoms with van der Waals surface area (Å²) in [5, 5.41) is 16.1. The molecule has 5 nitrogen and oxygen atoms in total. The van der Waals surface area contributed by atoms with E-state index in [1.807, 2.05) is 30.3 Å². The second kappa shape index (κ2) is 7.92. The van der Waals surface area contributed by atoms with Gasteiger partial charge >= 0.3 is 5.97 Å². The van der Waals surface area contributed by atoms with Crippen LogP contribution in [0.15, 0.2) is 36.1 Å². The highest BCUT2D eigenvalue weighted by molar-refractivity contribution is 5.89. The molecule has 0 aliphatic carbocycles. The van der Waals surface area contributed by atoms with Crippen LogP contribution in [0.4, 0.5) is 0 Å². The summed E-state index contributed by atoms with van der Waals surface area (Å²) in [6.45, 7) is 1.08. The molecule has 17 heavy (non-hydrogen) atoms. The Balaban J connectivity index is 0.000000557. The van der Waals surface area contributed by atoms with Gasteiger partial charge in [-0.15, -0.1) is 0 Å². The van der Waals surface area contributed by atoms with Gasteiger partial charge in [0.25, 0.3) is 5.97 Å². The van der Waals surface area contributed by atoms with Gasteiger partial charge in [-0.25, -0.2) is 4.79 Å². The van der Waals surface area contributed by atoms with Crippen molar-refractivity contribution in [2.75, 3.05) is 7.11 Å². The lowest BCUT2D eigenvalue weighted by molar-refractivity contribution is -0.136. The standard InChI is InChI=1S/C10H10O3.C2H4O2/c1-13-9(10(11)12)7-8-5-3-2-4-6-8;1-2(3)4/h2-7H,1H3,(H,11,12);1H3,(H,3,4). The Morgan fingerprint density at radius 1 is 1.18 bits per heavy atom. The summed E-state index contributed by atoms with van der Waals surface area (Å²) in [5.74, 6) is -1.96. The van der Waals surface area contributed by atoms with Crippen LogP contribution in [0, 0.1) is 0 Å². The van der Waals surface area contributed by atoms with E-state index < -0.39 is 11.9 Å². The highest BCUT2D eigenvalue weighted by atomic mass is 16.5. The van der Waals surface area contributed by atoms with Crippen molar-refractivity contribution < 1.29 is 24.5 Å². The third kappa shape index (κ3) is 7.61. The predicted molar refractivity (Wildman–Crippen MR) is 62.4 cm³/mol. The fourth-order valence-electron chi connectivity index (χ4n) is 0.909. The van der Waals surface area contributed by atoms with Crippen molar-refractivity contribution in [2.45, 2.75) is 6.92 Å². The maximum Gasteiger partial charge on any atom is 0.371 e. The van der Waals surface area contributed by atoms with Gasteiger partial charge in [0.1, 0.15) is 0 Å². The average molecular weight is 238 g/mol. The van der Waals surface area contributed by atoms with Crippen molar-refractivity contribution in [1.82, 2.24) is 0 Å². The molecule has 0 aliphatic heterocycles. The zero-order chi connectivity index (χ0) is 13.3. The first-order valence-corrected chi connectivity index (χ1v) is 4.71. The highest BCUT2D eigenvalue weighted by Crippen LogP contribution is 2.06. The summed E-state index contributed by atoms with van der Waals surface area (Å²) in [4.78, 5) is 19.5. The molecule has 0 heterocycles. The Hall–Kier alpha value is -2.30. The summed E-state index contributed by atoms with van der Waals surface area (Å²) in [6.07, 6.45) is 1.47. The zero-order valence-electron chi connectivity index (χ0n) is 9.58. The van der Waals surface area contributed by atoms with E-state index in [1.54, 1.807) is 0 Å². The molecule has 92 valence electrons. The largest absolute Gasteiger partial charge is 0.490 e. The van der Waals surface area contributed by atoms with Gasteiger partial charge in [0.15, 0.2) is 0 Å². The van der Waals surface area contributed by atoms with Crippen molar-refractivity contribution >= 4 is 18.0 Å². The summed E-state index contributed by atoms with van der Waals surface area (Å²) < 4.78 is 4.68. The minimum absolute atomic E-state index is 0.0637. The van der Waals surface area contributed by atoms with Crippen LogP contribution < -0.4 is 0 Å². The number of carbonyl (C=O) groups is 2. The van der Waals surface area contributed by atoms with Crippen molar-refractivity contribution in [1.29, 1.82) is 0 Å². The molecule has 0 unspecified atom stereocenters. The second-order valence-electron chi connectivity index (χ2n) is 2.95. The molecule has 1 aromatic rings. The Morgan fingerprint density at radius 2 is 1.65 bits per heavy atom. The maximum absolute atomic E-state index is 10.5. The molecule has 0 radical (unpaired) electrons. The number of carboxylic acid groups (broad SMARTS) is 2. The number of rotatable bonds is 3. The SMILES string of the molecule is CC(=O)O.COC(=Cc1ccccc1)C(=O)O. The van der Waals surface area contributed by atoms with Crippen LogP contribution >= 0.6 is 0 Å². The van der Waals surface area contributed by atoms with E-state index >= 15 is 0 Å². The first-order valence-electron chi connectivity index (χ1n) is 4.71. The predicted octanol–water partition coefficient (Wildman–Crippen LogP) is 1.85. The maximum atomic E-state index is 10.5. The molecule has 0 saturated carbocycles. The Bertz CT molecular complexity index is 391. The molecule has 0 spiro atoms. The Labute approximate surface area is 99.0 Å². The number of aliphatic carboxylic acids is 2. The van der Waals surface area contributed by atoms with Crippen LogP contribution in [0.3, 0.4) is 0 Å². The fraction of sp³-hybridized carbons (Fsp3) is 0.167. The molecule has 1 rings (SSSR count). The molecule has 0 atom stereocenters. The quantitative estimate of drug-likeness (QED) is 0.620. The molecule has 0 bridgehead atoms. The van der Waals surface area contributed by atoms with Crippen LogP contribution in [0.25, 0.3) is 6.08 Å². The number of benzene rings is 1. The number of hydrogen-bond acceptors (Lipinski definition) is 3. The van der Waals surface area contributed by atoms with E-state index in [2.05, 4.69) is 4.74 Å². The topological polar surface area (TPSA) is 83.8 Å². The first-order chi connectivity index (χ1) is 7.97. The second-order valence-corrected chi connectivity index (χ2v) is 2.95. The van der Waals surface area contributed by atoms with Gasteiger partial charge in [-0.2, -0.15) is 0 Å². The first kappa shape index (κ1) is 14.7. The summed E-state index contributed by atoms with van der Waals surface area (Å²) in [5.41, 5.74) is 0.807. The van der Waals surface area contributed by atoms with Gasteiger partial charge in [0, 0.05) is 6.92 Å². The summed E-state index contributed by atoms with van der Waals surface area (Å²) in [7, 11) is 1.34. The minimum atomic E-state index is -1.06. The highest BCUT2D eigenvalue weighted by Gasteiger charge is 2.05. The molecule has 2 N–H and O–H groups in total. The summed E-state index contributed by atoms with van der Waals surface area (Å²) >= 11 is 0. The van der Waals surface area contributed by atoms with Crippen molar-refractivity contribution in [3.05, 3.63) is 41.7 Å². The lowest BCUT2D eigenvalue weighted by atomic mass is 10.2. The third-order valence-corrected chi connectivity index (χ3v) is 1.53. The monoisotopic (exact) mass is 238 g/mol. The van der Waals surface area contributed by atoms with Gasteiger partial charge in [0.2, 0.25) is 5.76 Å².